The van der Waals surface area contributed by atoms with E-state index in [1.54, 1.807) is 14.2 Å². The third-order valence-electron chi connectivity index (χ3n) is 7.28. The number of methoxy groups -OCH3 is 2. The van der Waals surface area contributed by atoms with Crippen LogP contribution in [-0.4, -0.2) is 19.3 Å². The van der Waals surface area contributed by atoms with E-state index in [9.17, 15) is 5.11 Å². The van der Waals surface area contributed by atoms with Crippen LogP contribution in [0.3, 0.4) is 0 Å². The van der Waals surface area contributed by atoms with Crippen molar-refractivity contribution in [3.8, 4) is 17.2 Å². The van der Waals surface area contributed by atoms with E-state index in [1.165, 1.54) is 37.7 Å². The molecule has 0 unspecified atom stereocenters. The second-order valence-electron chi connectivity index (χ2n) is 8.91. The van der Waals surface area contributed by atoms with E-state index >= 15 is 0 Å². The van der Waals surface area contributed by atoms with Gasteiger partial charge >= 0.3 is 0 Å². The lowest BCUT2D eigenvalue weighted by Gasteiger charge is -2.59. The smallest absolute Gasteiger partial charge is 0.200 e. The number of hydrogen-bond donors (Lipinski definition) is 1. The maximum atomic E-state index is 10.2. The highest BCUT2D eigenvalue weighted by Crippen LogP contribution is 2.61. The molecule has 3 nitrogen and oxygen atoms in total. The summed E-state index contributed by atoms with van der Waals surface area (Å²) in [5, 5.41) is 10.2. The van der Waals surface area contributed by atoms with Crippen molar-refractivity contribution >= 4 is 0 Å². The number of benzene rings is 1. The van der Waals surface area contributed by atoms with Crippen molar-refractivity contribution in [2.45, 2.75) is 51.4 Å². The predicted molar refractivity (Wildman–Crippen MR) is 94.8 cm³/mol. The molecule has 132 valence electrons. The Bertz CT molecular complexity index is 581. The standard InChI is InChI=1S/C21H30O3/c1-21(2,16-10-17(23-3)20(22)18(11-16)24-4)19-14-6-12-5-13(8-14)9-15(19)7-12/h10-15,19,22H,5-9H2,1-4H3. The second-order valence-corrected chi connectivity index (χ2v) is 8.91. The molecule has 0 aromatic heterocycles. The van der Waals surface area contributed by atoms with Gasteiger partial charge in [0.05, 0.1) is 14.2 Å². The van der Waals surface area contributed by atoms with E-state index in [0.717, 1.165) is 29.6 Å². The zero-order valence-corrected chi connectivity index (χ0v) is 15.3. The van der Waals surface area contributed by atoms with Gasteiger partial charge in [0.15, 0.2) is 11.5 Å². The zero-order chi connectivity index (χ0) is 17.1. The number of rotatable bonds is 4. The van der Waals surface area contributed by atoms with E-state index in [-0.39, 0.29) is 11.2 Å². The lowest BCUT2D eigenvalue weighted by molar-refractivity contribution is -0.0651. The quantitative estimate of drug-likeness (QED) is 0.865. The lowest BCUT2D eigenvalue weighted by Crippen LogP contribution is -2.51. The molecule has 1 aromatic rings. The third-order valence-corrected chi connectivity index (χ3v) is 7.28. The minimum absolute atomic E-state index is 0.0663. The van der Waals surface area contributed by atoms with Gasteiger partial charge < -0.3 is 14.6 Å². The van der Waals surface area contributed by atoms with Crippen LogP contribution in [0.15, 0.2) is 12.1 Å². The van der Waals surface area contributed by atoms with Crippen LogP contribution in [0.1, 0.15) is 51.5 Å². The monoisotopic (exact) mass is 330 g/mol. The van der Waals surface area contributed by atoms with Crippen LogP contribution in [0.4, 0.5) is 0 Å². The average Bonchev–Trinajstić information content (AvgIpc) is 2.53. The Labute approximate surface area is 145 Å². The van der Waals surface area contributed by atoms with Crippen LogP contribution >= 0.6 is 0 Å². The highest BCUT2D eigenvalue weighted by atomic mass is 16.5. The zero-order valence-electron chi connectivity index (χ0n) is 15.3. The molecule has 24 heavy (non-hydrogen) atoms. The topological polar surface area (TPSA) is 38.7 Å². The summed E-state index contributed by atoms with van der Waals surface area (Å²) < 4.78 is 10.8. The van der Waals surface area contributed by atoms with Crippen molar-refractivity contribution < 1.29 is 14.6 Å². The molecule has 0 saturated heterocycles. The van der Waals surface area contributed by atoms with Gasteiger partial charge in [-0.2, -0.15) is 0 Å². The molecule has 4 aliphatic rings. The first-order chi connectivity index (χ1) is 11.4. The molecule has 3 heteroatoms. The fraction of sp³-hybridized carbons (Fsp3) is 0.714. The molecule has 0 atom stereocenters. The fourth-order valence-corrected chi connectivity index (χ4v) is 6.56. The van der Waals surface area contributed by atoms with Gasteiger partial charge in [-0.15, -0.1) is 0 Å². The maximum absolute atomic E-state index is 10.2. The minimum atomic E-state index is 0.0663. The summed E-state index contributed by atoms with van der Waals surface area (Å²) in [7, 11) is 3.21. The van der Waals surface area contributed by atoms with Crippen LogP contribution in [0.5, 0.6) is 17.2 Å². The van der Waals surface area contributed by atoms with Crippen molar-refractivity contribution in [1.29, 1.82) is 0 Å². The van der Waals surface area contributed by atoms with Crippen LogP contribution in [0, 0.1) is 29.6 Å². The molecule has 1 aromatic carbocycles. The highest BCUT2D eigenvalue weighted by Gasteiger charge is 2.53. The molecule has 0 aliphatic heterocycles. The second kappa shape index (κ2) is 5.57. The number of phenols is 1. The van der Waals surface area contributed by atoms with E-state index in [0.29, 0.717) is 11.5 Å². The molecule has 1 N–H and O–H groups in total. The van der Waals surface area contributed by atoms with E-state index in [1.807, 2.05) is 12.1 Å². The Kier molecular flexibility index (Phi) is 3.74. The SMILES string of the molecule is COc1cc(C(C)(C)C2C3CC4CC(C3)CC2C4)cc(OC)c1O. The Morgan fingerprint density at radius 2 is 1.33 bits per heavy atom. The molecule has 4 bridgehead atoms. The number of aromatic hydroxyl groups is 1. The molecule has 0 spiro atoms. The van der Waals surface area contributed by atoms with Gasteiger partial charge in [-0.05, 0) is 84.8 Å². The molecule has 0 heterocycles. The molecule has 0 radical (unpaired) electrons. The Balaban J connectivity index is 1.72. The number of ether oxygens (including phenoxy) is 2. The van der Waals surface area contributed by atoms with Gasteiger partial charge in [-0.25, -0.2) is 0 Å². The molecule has 0 amide bonds. The Hall–Kier alpha value is -1.38. The summed E-state index contributed by atoms with van der Waals surface area (Å²) in [6.07, 6.45) is 7.18. The van der Waals surface area contributed by atoms with Crippen LogP contribution in [0.25, 0.3) is 0 Å². The van der Waals surface area contributed by atoms with Crippen molar-refractivity contribution in [2.75, 3.05) is 14.2 Å². The highest BCUT2D eigenvalue weighted by molar-refractivity contribution is 5.54. The Morgan fingerprint density at radius 1 is 0.875 bits per heavy atom. The predicted octanol–water partition coefficient (Wildman–Crippen LogP) is 4.76. The first-order valence-electron chi connectivity index (χ1n) is 9.39. The molecule has 4 fully saturated rings. The first kappa shape index (κ1) is 16.1. The summed E-state index contributed by atoms with van der Waals surface area (Å²) >= 11 is 0. The summed E-state index contributed by atoms with van der Waals surface area (Å²) in [6, 6.07) is 4.03. The largest absolute Gasteiger partial charge is 0.502 e. The maximum Gasteiger partial charge on any atom is 0.200 e. The molecule has 4 saturated carbocycles. The van der Waals surface area contributed by atoms with Crippen molar-refractivity contribution in [3.05, 3.63) is 17.7 Å². The van der Waals surface area contributed by atoms with Gasteiger partial charge in [0.25, 0.3) is 0 Å². The van der Waals surface area contributed by atoms with E-state index in [4.69, 9.17) is 9.47 Å². The summed E-state index contributed by atoms with van der Waals surface area (Å²) in [5.74, 6) is 5.56. The van der Waals surface area contributed by atoms with Gasteiger partial charge in [-0.3, -0.25) is 0 Å². The third kappa shape index (κ3) is 2.31. The summed E-state index contributed by atoms with van der Waals surface area (Å²) in [4.78, 5) is 0. The number of phenolic OH excluding ortho intramolecular Hbond substituents is 1. The van der Waals surface area contributed by atoms with Crippen molar-refractivity contribution in [2.24, 2.45) is 29.6 Å². The van der Waals surface area contributed by atoms with E-state index in [2.05, 4.69) is 13.8 Å². The van der Waals surface area contributed by atoms with Gasteiger partial charge in [-0.1, -0.05) is 13.8 Å². The van der Waals surface area contributed by atoms with E-state index < -0.39 is 0 Å². The summed E-state index contributed by atoms with van der Waals surface area (Å²) in [6.45, 7) is 4.76. The van der Waals surface area contributed by atoms with Crippen LogP contribution in [0.2, 0.25) is 0 Å². The molecular formula is C21H30O3. The van der Waals surface area contributed by atoms with Crippen molar-refractivity contribution in [1.82, 2.24) is 0 Å². The fourth-order valence-electron chi connectivity index (χ4n) is 6.56. The molecule has 4 aliphatic carbocycles. The van der Waals surface area contributed by atoms with Gasteiger partial charge in [0.1, 0.15) is 0 Å². The van der Waals surface area contributed by atoms with Crippen LogP contribution in [-0.2, 0) is 5.41 Å². The van der Waals surface area contributed by atoms with Gasteiger partial charge in [0, 0.05) is 0 Å². The molecule has 5 rings (SSSR count). The molecular weight excluding hydrogens is 300 g/mol. The summed E-state index contributed by atoms with van der Waals surface area (Å²) in [5.41, 5.74) is 1.29. The normalized spacial score (nSPS) is 34.4. The van der Waals surface area contributed by atoms with Gasteiger partial charge in [0.2, 0.25) is 5.75 Å². The lowest BCUT2D eigenvalue weighted by atomic mass is 9.46. The average molecular weight is 330 g/mol. The van der Waals surface area contributed by atoms with Crippen molar-refractivity contribution in [3.63, 3.8) is 0 Å². The number of hydrogen-bond acceptors (Lipinski definition) is 3. The Morgan fingerprint density at radius 3 is 1.75 bits per heavy atom. The van der Waals surface area contributed by atoms with Crippen LogP contribution < -0.4 is 9.47 Å². The first-order valence-corrected chi connectivity index (χ1v) is 9.39. The minimum Gasteiger partial charge on any atom is -0.502 e.